The van der Waals surface area contributed by atoms with Crippen LogP contribution in [0, 0.1) is 6.92 Å². The Morgan fingerprint density at radius 2 is 2.08 bits per heavy atom. The van der Waals surface area contributed by atoms with Crippen LogP contribution in [-0.4, -0.2) is 57.4 Å². The molecule has 1 saturated heterocycles. The maximum absolute atomic E-state index is 5.91. The third-order valence-electron chi connectivity index (χ3n) is 4.02. The van der Waals surface area contributed by atoms with Crippen LogP contribution >= 0.6 is 35.3 Å². The first-order valence-corrected chi connectivity index (χ1v) is 9.16. The van der Waals surface area contributed by atoms with E-state index in [0.29, 0.717) is 6.10 Å². The van der Waals surface area contributed by atoms with Crippen molar-refractivity contribution in [1.82, 2.24) is 10.2 Å². The van der Waals surface area contributed by atoms with Crippen LogP contribution in [-0.2, 0) is 16.0 Å². The van der Waals surface area contributed by atoms with Gasteiger partial charge in [0.05, 0.1) is 12.6 Å². The summed E-state index contributed by atoms with van der Waals surface area (Å²) < 4.78 is 11.0. The van der Waals surface area contributed by atoms with Gasteiger partial charge >= 0.3 is 0 Å². The zero-order valence-corrected chi connectivity index (χ0v) is 18.1. The third kappa shape index (κ3) is 7.25. The monoisotopic (exact) mass is 467 g/mol. The molecule has 0 atom stereocenters. The van der Waals surface area contributed by atoms with Gasteiger partial charge in [0.1, 0.15) is 0 Å². The van der Waals surface area contributed by atoms with E-state index < -0.39 is 0 Å². The average molecular weight is 467 g/mol. The number of nitrogens with zero attached hydrogens (tertiary/aromatic N) is 2. The Labute approximate surface area is 166 Å². The van der Waals surface area contributed by atoms with E-state index >= 15 is 0 Å². The summed E-state index contributed by atoms with van der Waals surface area (Å²) in [4.78, 5) is 9.45. The summed E-state index contributed by atoms with van der Waals surface area (Å²) in [6.45, 7) is 6.55. The molecule has 0 aromatic carbocycles. The lowest BCUT2D eigenvalue weighted by molar-refractivity contribution is 0.00990. The summed E-state index contributed by atoms with van der Waals surface area (Å²) in [5.74, 6) is 0.994. The molecular weight excluding hydrogens is 437 g/mol. The number of likely N-dealkylation sites (tertiary alicyclic amines) is 1. The summed E-state index contributed by atoms with van der Waals surface area (Å²) in [6, 6.07) is 4.34. The predicted octanol–water partition coefficient (Wildman–Crippen LogP) is 3.27. The Morgan fingerprint density at radius 3 is 2.67 bits per heavy atom. The Balaban J connectivity index is 0.00000288. The van der Waals surface area contributed by atoms with E-state index in [1.54, 1.807) is 7.11 Å². The van der Waals surface area contributed by atoms with Gasteiger partial charge in [0.15, 0.2) is 5.96 Å². The van der Waals surface area contributed by atoms with E-state index in [0.717, 1.165) is 58.1 Å². The number of aryl methyl sites for hydroxylation is 1. The number of thiophene rings is 1. The molecular formula is C17H30IN3O2S. The normalized spacial score (nSPS) is 16.1. The van der Waals surface area contributed by atoms with Gasteiger partial charge in [-0.1, -0.05) is 0 Å². The minimum absolute atomic E-state index is 0. The van der Waals surface area contributed by atoms with E-state index in [9.17, 15) is 0 Å². The second kappa shape index (κ2) is 12.1. The Kier molecular flexibility index (Phi) is 10.9. The molecule has 0 radical (unpaired) electrons. The topological polar surface area (TPSA) is 46.1 Å². The summed E-state index contributed by atoms with van der Waals surface area (Å²) in [6.07, 6.45) is 3.47. The van der Waals surface area contributed by atoms with Gasteiger partial charge in [-0.3, -0.25) is 4.99 Å². The number of hydrogen-bond donors (Lipinski definition) is 1. The van der Waals surface area contributed by atoms with Crippen LogP contribution in [0.2, 0.25) is 0 Å². The molecule has 1 fully saturated rings. The molecule has 1 N–H and O–H groups in total. The molecule has 0 spiro atoms. The minimum Gasteiger partial charge on any atom is -0.385 e. The molecule has 2 heterocycles. The van der Waals surface area contributed by atoms with Gasteiger partial charge in [-0.25, -0.2) is 0 Å². The molecule has 0 aliphatic carbocycles. The minimum atomic E-state index is 0. The Hall–Kier alpha value is -0.380. The van der Waals surface area contributed by atoms with Crippen molar-refractivity contribution in [3.05, 3.63) is 21.9 Å². The molecule has 0 bridgehead atoms. The number of methoxy groups -OCH3 is 1. The van der Waals surface area contributed by atoms with Crippen LogP contribution in [0.5, 0.6) is 0 Å². The van der Waals surface area contributed by atoms with Gasteiger partial charge in [-0.15, -0.1) is 35.3 Å². The fourth-order valence-corrected chi connectivity index (χ4v) is 3.60. The zero-order chi connectivity index (χ0) is 16.5. The molecule has 5 nitrogen and oxygen atoms in total. The molecule has 0 saturated carbocycles. The van der Waals surface area contributed by atoms with Crippen LogP contribution in [0.1, 0.15) is 29.0 Å². The van der Waals surface area contributed by atoms with Crippen molar-refractivity contribution < 1.29 is 9.47 Å². The maximum atomic E-state index is 5.91. The van der Waals surface area contributed by atoms with E-state index in [-0.39, 0.29) is 24.0 Å². The second-order valence-corrected chi connectivity index (χ2v) is 7.19. The van der Waals surface area contributed by atoms with Crippen molar-refractivity contribution in [2.24, 2.45) is 4.99 Å². The Bertz CT molecular complexity index is 488. The van der Waals surface area contributed by atoms with Crippen LogP contribution in [0.3, 0.4) is 0 Å². The molecule has 138 valence electrons. The van der Waals surface area contributed by atoms with E-state index in [1.807, 2.05) is 18.4 Å². The van der Waals surface area contributed by atoms with E-state index in [2.05, 4.69) is 34.3 Å². The standard InChI is InChI=1S/C17H29N3O2S.HI/c1-14-5-6-16(23-14)13-19-17(18-2)20-9-7-15(8-10-20)22-12-4-11-21-3;/h5-6,15H,4,7-13H2,1-3H3,(H,18,19);1H. The predicted molar refractivity (Wildman–Crippen MR) is 112 cm³/mol. The number of aliphatic imine (C=N–C) groups is 1. The first-order chi connectivity index (χ1) is 11.2. The van der Waals surface area contributed by atoms with Crippen LogP contribution in [0.15, 0.2) is 17.1 Å². The molecule has 1 aromatic rings. The quantitative estimate of drug-likeness (QED) is 0.290. The van der Waals surface area contributed by atoms with E-state index in [4.69, 9.17) is 9.47 Å². The van der Waals surface area contributed by atoms with Crippen molar-refractivity contribution in [2.45, 2.75) is 38.8 Å². The lowest BCUT2D eigenvalue weighted by atomic mass is 10.1. The molecule has 0 unspecified atom stereocenters. The molecule has 24 heavy (non-hydrogen) atoms. The number of hydrogen-bond acceptors (Lipinski definition) is 4. The van der Waals surface area contributed by atoms with Crippen molar-refractivity contribution >= 4 is 41.3 Å². The molecule has 1 aliphatic rings. The highest BCUT2D eigenvalue weighted by atomic mass is 127. The molecule has 7 heteroatoms. The highest BCUT2D eigenvalue weighted by molar-refractivity contribution is 14.0. The van der Waals surface area contributed by atoms with Crippen LogP contribution in [0.4, 0.5) is 0 Å². The SMILES string of the molecule is CN=C(NCc1ccc(C)s1)N1CCC(OCCCOC)CC1.I. The molecule has 2 rings (SSSR count). The highest BCUT2D eigenvalue weighted by Gasteiger charge is 2.21. The largest absolute Gasteiger partial charge is 0.385 e. The highest BCUT2D eigenvalue weighted by Crippen LogP contribution is 2.16. The molecule has 1 aromatic heterocycles. The lowest BCUT2D eigenvalue weighted by Gasteiger charge is -2.34. The fraction of sp³-hybridized carbons (Fsp3) is 0.706. The summed E-state index contributed by atoms with van der Waals surface area (Å²) in [5, 5.41) is 3.47. The number of rotatable bonds is 7. The van der Waals surface area contributed by atoms with Crippen molar-refractivity contribution in [1.29, 1.82) is 0 Å². The summed E-state index contributed by atoms with van der Waals surface area (Å²) >= 11 is 1.83. The van der Waals surface area contributed by atoms with Crippen molar-refractivity contribution in [2.75, 3.05) is 40.5 Å². The van der Waals surface area contributed by atoms with Crippen molar-refractivity contribution in [3.8, 4) is 0 Å². The first kappa shape index (κ1) is 21.7. The van der Waals surface area contributed by atoms with Crippen LogP contribution in [0.25, 0.3) is 0 Å². The van der Waals surface area contributed by atoms with Gasteiger partial charge < -0.3 is 19.7 Å². The number of ether oxygens (including phenoxy) is 2. The van der Waals surface area contributed by atoms with Gasteiger partial charge in [-0.2, -0.15) is 0 Å². The number of guanidine groups is 1. The number of halogens is 1. The number of nitrogens with one attached hydrogen (secondary N) is 1. The molecule has 0 amide bonds. The van der Waals surface area contributed by atoms with Gasteiger partial charge in [0, 0.05) is 50.2 Å². The summed E-state index contributed by atoms with van der Waals surface area (Å²) in [5.41, 5.74) is 0. The zero-order valence-electron chi connectivity index (χ0n) is 14.9. The average Bonchev–Trinajstić information content (AvgIpc) is 2.99. The van der Waals surface area contributed by atoms with E-state index in [1.165, 1.54) is 9.75 Å². The summed E-state index contributed by atoms with van der Waals surface area (Å²) in [7, 11) is 3.59. The number of piperidine rings is 1. The van der Waals surface area contributed by atoms with Gasteiger partial charge in [-0.05, 0) is 38.3 Å². The maximum Gasteiger partial charge on any atom is 0.193 e. The lowest BCUT2D eigenvalue weighted by Crippen LogP contribution is -2.46. The van der Waals surface area contributed by atoms with Crippen molar-refractivity contribution in [3.63, 3.8) is 0 Å². The fourth-order valence-electron chi connectivity index (χ4n) is 2.77. The first-order valence-electron chi connectivity index (χ1n) is 8.34. The van der Waals surface area contributed by atoms with Crippen LogP contribution < -0.4 is 5.32 Å². The third-order valence-corrected chi connectivity index (χ3v) is 5.02. The molecule has 1 aliphatic heterocycles. The second-order valence-electron chi connectivity index (χ2n) is 5.82. The Morgan fingerprint density at radius 1 is 1.33 bits per heavy atom. The smallest absolute Gasteiger partial charge is 0.193 e. The van der Waals surface area contributed by atoms with Gasteiger partial charge in [0.2, 0.25) is 0 Å². The van der Waals surface area contributed by atoms with Gasteiger partial charge in [0.25, 0.3) is 0 Å².